The van der Waals surface area contributed by atoms with Gasteiger partial charge in [-0.2, -0.15) is 18.3 Å². The van der Waals surface area contributed by atoms with Crippen molar-refractivity contribution in [3.63, 3.8) is 0 Å². The highest BCUT2D eigenvalue weighted by atomic mass is 19.4. The third-order valence-corrected chi connectivity index (χ3v) is 2.92. The molecule has 0 saturated heterocycles. The van der Waals surface area contributed by atoms with Gasteiger partial charge in [0.05, 0.1) is 0 Å². The van der Waals surface area contributed by atoms with Gasteiger partial charge in [-0.15, -0.1) is 0 Å². The Morgan fingerprint density at radius 1 is 1.35 bits per heavy atom. The van der Waals surface area contributed by atoms with Gasteiger partial charge in [-0.25, -0.2) is 0 Å². The first kappa shape index (κ1) is 12.2. The molecular formula is C12H15F3N2. The lowest BCUT2D eigenvalue weighted by Gasteiger charge is -2.06. The Morgan fingerprint density at radius 3 is 2.53 bits per heavy atom. The average molecular weight is 244 g/mol. The normalized spacial score (nSPS) is 16.7. The summed E-state index contributed by atoms with van der Waals surface area (Å²) in [6.45, 7) is 3.64. The highest BCUT2D eigenvalue weighted by molar-refractivity contribution is 5.68. The van der Waals surface area contributed by atoms with Gasteiger partial charge in [0.25, 0.3) is 0 Å². The third kappa shape index (κ3) is 2.37. The minimum Gasteiger partial charge on any atom is -0.269 e. The second kappa shape index (κ2) is 4.20. The van der Waals surface area contributed by atoms with Crippen molar-refractivity contribution < 1.29 is 13.2 Å². The van der Waals surface area contributed by atoms with E-state index < -0.39 is 11.9 Å². The molecule has 1 aromatic rings. The highest BCUT2D eigenvalue weighted by Crippen LogP contribution is 2.37. The zero-order chi connectivity index (χ0) is 12.6. The predicted octanol–water partition coefficient (Wildman–Crippen LogP) is 4.05. The van der Waals surface area contributed by atoms with Crippen LogP contribution in [0, 0.1) is 0 Å². The fourth-order valence-corrected chi connectivity index (χ4v) is 2.02. The van der Waals surface area contributed by atoms with Crippen molar-refractivity contribution in [2.24, 2.45) is 0 Å². The van der Waals surface area contributed by atoms with Gasteiger partial charge in [-0.1, -0.05) is 6.08 Å². The number of hydrogen-bond donors (Lipinski definition) is 0. The largest absolute Gasteiger partial charge is 0.435 e. The molecule has 1 aliphatic rings. The van der Waals surface area contributed by atoms with Gasteiger partial charge in [-0.3, -0.25) is 4.68 Å². The number of rotatable bonds is 2. The lowest BCUT2D eigenvalue weighted by atomic mass is 10.1. The summed E-state index contributed by atoms with van der Waals surface area (Å²) < 4.78 is 40.0. The molecule has 0 bridgehead atoms. The summed E-state index contributed by atoms with van der Waals surface area (Å²) >= 11 is 0. The van der Waals surface area contributed by atoms with E-state index in [4.69, 9.17) is 0 Å². The number of alkyl halides is 3. The molecule has 17 heavy (non-hydrogen) atoms. The van der Waals surface area contributed by atoms with E-state index >= 15 is 0 Å². The fourth-order valence-electron chi connectivity index (χ4n) is 2.02. The Balaban J connectivity index is 2.48. The number of hydrogen-bond acceptors (Lipinski definition) is 1. The van der Waals surface area contributed by atoms with Gasteiger partial charge in [0.2, 0.25) is 0 Å². The zero-order valence-electron chi connectivity index (χ0n) is 9.88. The van der Waals surface area contributed by atoms with Crippen LogP contribution in [0.15, 0.2) is 12.3 Å². The van der Waals surface area contributed by atoms with Crippen LogP contribution in [0.3, 0.4) is 0 Å². The Bertz CT molecular complexity index is 441. The Kier molecular flexibility index (Phi) is 3.02. The van der Waals surface area contributed by atoms with Gasteiger partial charge in [0.15, 0.2) is 5.69 Å². The molecule has 0 saturated carbocycles. The lowest BCUT2D eigenvalue weighted by Crippen LogP contribution is -2.10. The number of nitrogens with zero attached hydrogens (tertiary/aromatic N) is 2. The summed E-state index contributed by atoms with van der Waals surface area (Å²) in [6.07, 6.45) is 1.53. The van der Waals surface area contributed by atoms with Crippen LogP contribution in [-0.4, -0.2) is 9.78 Å². The Morgan fingerprint density at radius 2 is 2.06 bits per heavy atom. The SMILES string of the molecule is CC(C)n1cc(C2=CCCC2)c(C(F)(F)F)n1. The van der Waals surface area contributed by atoms with Crippen LogP contribution < -0.4 is 0 Å². The van der Waals surface area contributed by atoms with E-state index in [2.05, 4.69) is 5.10 Å². The smallest absolute Gasteiger partial charge is 0.269 e. The molecule has 94 valence electrons. The van der Waals surface area contributed by atoms with Crippen LogP contribution in [-0.2, 0) is 6.18 Å². The van der Waals surface area contributed by atoms with Crippen LogP contribution >= 0.6 is 0 Å². The van der Waals surface area contributed by atoms with E-state index in [1.165, 1.54) is 10.9 Å². The van der Waals surface area contributed by atoms with Crippen LogP contribution in [0.1, 0.15) is 50.4 Å². The monoisotopic (exact) mass is 244 g/mol. The standard InChI is InChI=1S/C12H15F3N2/c1-8(2)17-7-10(9-5-3-4-6-9)11(16-17)12(13,14)15/h5,7-8H,3-4,6H2,1-2H3. The average Bonchev–Trinajstić information content (AvgIpc) is 2.85. The molecule has 0 unspecified atom stereocenters. The summed E-state index contributed by atoms with van der Waals surface area (Å²) in [4.78, 5) is 0. The molecule has 0 aromatic carbocycles. The molecule has 0 radical (unpaired) electrons. The third-order valence-electron chi connectivity index (χ3n) is 2.92. The maximum absolute atomic E-state index is 12.9. The fraction of sp³-hybridized carbons (Fsp3) is 0.583. The quantitative estimate of drug-likeness (QED) is 0.767. The van der Waals surface area contributed by atoms with Gasteiger partial charge in [0, 0.05) is 17.8 Å². The molecule has 1 heterocycles. The molecular weight excluding hydrogens is 229 g/mol. The van der Waals surface area contributed by atoms with Crippen molar-refractivity contribution in [2.75, 3.05) is 0 Å². The summed E-state index contributed by atoms with van der Waals surface area (Å²) in [6, 6.07) is -0.0631. The van der Waals surface area contributed by atoms with Gasteiger partial charge in [-0.05, 0) is 38.7 Å². The maximum Gasteiger partial charge on any atom is 0.435 e. The van der Waals surface area contributed by atoms with E-state index in [1.807, 2.05) is 19.9 Å². The molecule has 2 rings (SSSR count). The van der Waals surface area contributed by atoms with Gasteiger partial charge < -0.3 is 0 Å². The number of halogens is 3. The summed E-state index contributed by atoms with van der Waals surface area (Å²) in [5.74, 6) is 0. The molecule has 0 amide bonds. The number of aromatic nitrogens is 2. The summed E-state index contributed by atoms with van der Waals surface area (Å²) in [7, 11) is 0. The van der Waals surface area contributed by atoms with Crippen LogP contribution in [0.25, 0.3) is 5.57 Å². The topological polar surface area (TPSA) is 17.8 Å². The second-order valence-corrected chi connectivity index (χ2v) is 4.58. The molecule has 0 aliphatic heterocycles. The van der Waals surface area contributed by atoms with Crippen LogP contribution in [0.5, 0.6) is 0 Å². The molecule has 2 nitrogen and oxygen atoms in total. The van der Waals surface area contributed by atoms with Gasteiger partial charge >= 0.3 is 6.18 Å². The van der Waals surface area contributed by atoms with Crippen molar-refractivity contribution >= 4 is 5.57 Å². The molecule has 1 aliphatic carbocycles. The van der Waals surface area contributed by atoms with Crippen molar-refractivity contribution in [3.05, 3.63) is 23.5 Å². The van der Waals surface area contributed by atoms with E-state index in [0.717, 1.165) is 18.4 Å². The summed E-state index contributed by atoms with van der Waals surface area (Å²) in [5.41, 5.74) is 0.285. The van der Waals surface area contributed by atoms with Gasteiger partial charge in [0.1, 0.15) is 0 Å². The maximum atomic E-state index is 12.9. The molecule has 0 fully saturated rings. The first-order chi connectivity index (χ1) is 7.89. The number of allylic oxidation sites excluding steroid dienone is 2. The first-order valence-electron chi connectivity index (χ1n) is 5.75. The molecule has 1 aromatic heterocycles. The van der Waals surface area contributed by atoms with Crippen molar-refractivity contribution in [1.82, 2.24) is 9.78 Å². The van der Waals surface area contributed by atoms with E-state index in [9.17, 15) is 13.2 Å². The lowest BCUT2D eigenvalue weighted by molar-refractivity contribution is -0.141. The predicted molar refractivity (Wildman–Crippen MR) is 59.4 cm³/mol. The highest BCUT2D eigenvalue weighted by Gasteiger charge is 2.38. The van der Waals surface area contributed by atoms with Crippen molar-refractivity contribution in [1.29, 1.82) is 0 Å². The molecule has 0 spiro atoms. The van der Waals surface area contributed by atoms with Crippen molar-refractivity contribution in [2.45, 2.75) is 45.3 Å². The van der Waals surface area contributed by atoms with Crippen molar-refractivity contribution in [3.8, 4) is 0 Å². The first-order valence-corrected chi connectivity index (χ1v) is 5.75. The molecule has 0 N–H and O–H groups in total. The summed E-state index contributed by atoms with van der Waals surface area (Å²) in [5, 5.41) is 3.68. The van der Waals surface area contributed by atoms with Crippen LogP contribution in [0.4, 0.5) is 13.2 Å². The molecule has 5 heteroatoms. The zero-order valence-corrected chi connectivity index (χ0v) is 9.88. The second-order valence-electron chi connectivity index (χ2n) is 4.58. The Hall–Kier alpha value is -1.26. The van der Waals surface area contributed by atoms with E-state index in [1.54, 1.807) is 0 Å². The minimum absolute atomic E-state index is 0.0631. The van der Waals surface area contributed by atoms with E-state index in [0.29, 0.717) is 6.42 Å². The Labute approximate surface area is 98.1 Å². The van der Waals surface area contributed by atoms with E-state index in [-0.39, 0.29) is 11.6 Å². The molecule has 0 atom stereocenters. The van der Waals surface area contributed by atoms with Crippen LogP contribution in [0.2, 0.25) is 0 Å². The minimum atomic E-state index is -4.38.